The minimum Gasteiger partial charge on any atom is -0.486 e. The SMILES string of the molecule is CCCNCc1cccc(COc2ccccc2SC)n1. The number of aromatic nitrogens is 1. The van der Waals surface area contributed by atoms with Gasteiger partial charge in [0.05, 0.1) is 11.4 Å². The molecule has 21 heavy (non-hydrogen) atoms. The minimum absolute atomic E-state index is 0.499. The quantitative estimate of drug-likeness (QED) is 0.593. The predicted octanol–water partition coefficient (Wildman–Crippen LogP) is 3.88. The molecule has 1 aromatic heterocycles. The van der Waals surface area contributed by atoms with E-state index < -0.39 is 0 Å². The van der Waals surface area contributed by atoms with Crippen LogP contribution in [0.5, 0.6) is 5.75 Å². The van der Waals surface area contributed by atoms with Crippen LogP contribution in [-0.2, 0) is 13.2 Å². The second-order valence-electron chi connectivity index (χ2n) is 4.74. The molecule has 1 N–H and O–H groups in total. The number of pyridine rings is 1. The highest BCUT2D eigenvalue weighted by atomic mass is 32.2. The third-order valence-corrected chi connectivity index (χ3v) is 3.82. The van der Waals surface area contributed by atoms with E-state index in [-0.39, 0.29) is 0 Å². The van der Waals surface area contributed by atoms with Crippen LogP contribution < -0.4 is 10.1 Å². The van der Waals surface area contributed by atoms with Gasteiger partial charge in [-0.1, -0.05) is 25.1 Å². The van der Waals surface area contributed by atoms with Crippen molar-refractivity contribution >= 4 is 11.8 Å². The third-order valence-electron chi connectivity index (χ3n) is 3.04. The lowest BCUT2D eigenvalue weighted by Crippen LogP contribution is -2.15. The van der Waals surface area contributed by atoms with Crippen molar-refractivity contribution in [2.24, 2.45) is 0 Å². The van der Waals surface area contributed by atoms with Crippen molar-refractivity contribution in [3.05, 3.63) is 53.9 Å². The zero-order valence-electron chi connectivity index (χ0n) is 12.6. The van der Waals surface area contributed by atoms with Crippen LogP contribution in [0.2, 0.25) is 0 Å². The number of ether oxygens (including phenoxy) is 1. The summed E-state index contributed by atoms with van der Waals surface area (Å²) in [4.78, 5) is 5.77. The zero-order chi connectivity index (χ0) is 14.9. The van der Waals surface area contributed by atoms with Gasteiger partial charge in [0.1, 0.15) is 12.4 Å². The van der Waals surface area contributed by atoms with Gasteiger partial charge >= 0.3 is 0 Å². The number of rotatable bonds is 8. The van der Waals surface area contributed by atoms with Gasteiger partial charge < -0.3 is 10.1 Å². The Bertz CT molecular complexity index is 560. The van der Waals surface area contributed by atoms with Crippen molar-refractivity contribution in [2.45, 2.75) is 31.4 Å². The molecule has 0 aliphatic carbocycles. The lowest BCUT2D eigenvalue weighted by Gasteiger charge is -2.10. The molecule has 4 heteroatoms. The molecule has 1 aromatic carbocycles. The molecule has 0 aliphatic heterocycles. The van der Waals surface area contributed by atoms with Gasteiger partial charge in [0.25, 0.3) is 0 Å². The molecule has 0 saturated heterocycles. The summed E-state index contributed by atoms with van der Waals surface area (Å²) in [6.07, 6.45) is 3.19. The van der Waals surface area contributed by atoms with E-state index in [1.165, 1.54) is 0 Å². The van der Waals surface area contributed by atoms with Crippen molar-refractivity contribution < 1.29 is 4.74 Å². The third kappa shape index (κ3) is 5.06. The molecule has 0 fully saturated rings. The van der Waals surface area contributed by atoms with Crippen LogP contribution in [0.1, 0.15) is 24.7 Å². The van der Waals surface area contributed by atoms with Gasteiger partial charge in [0, 0.05) is 11.4 Å². The average molecular weight is 302 g/mol. The standard InChI is InChI=1S/C17H22N2OS/c1-3-11-18-12-14-7-6-8-15(19-14)13-20-16-9-4-5-10-17(16)21-2/h4-10,18H,3,11-13H2,1-2H3. The molecule has 0 bridgehead atoms. The highest BCUT2D eigenvalue weighted by molar-refractivity contribution is 7.98. The van der Waals surface area contributed by atoms with E-state index in [0.29, 0.717) is 6.61 Å². The molecule has 0 radical (unpaired) electrons. The van der Waals surface area contributed by atoms with Gasteiger partial charge in [-0.2, -0.15) is 0 Å². The van der Waals surface area contributed by atoms with Gasteiger partial charge in [0.2, 0.25) is 0 Å². The first-order valence-electron chi connectivity index (χ1n) is 7.25. The van der Waals surface area contributed by atoms with Crippen LogP contribution in [0.15, 0.2) is 47.4 Å². The number of thioether (sulfide) groups is 1. The first-order chi connectivity index (χ1) is 10.3. The molecule has 3 nitrogen and oxygen atoms in total. The van der Waals surface area contributed by atoms with Crippen LogP contribution in [0, 0.1) is 0 Å². The number of nitrogens with one attached hydrogen (secondary N) is 1. The Balaban J connectivity index is 1.95. The van der Waals surface area contributed by atoms with E-state index in [1.807, 2.05) is 36.4 Å². The van der Waals surface area contributed by atoms with Gasteiger partial charge in [-0.15, -0.1) is 11.8 Å². The lowest BCUT2D eigenvalue weighted by atomic mass is 10.3. The maximum absolute atomic E-state index is 5.89. The van der Waals surface area contributed by atoms with E-state index in [1.54, 1.807) is 11.8 Å². The van der Waals surface area contributed by atoms with E-state index in [4.69, 9.17) is 4.74 Å². The summed E-state index contributed by atoms with van der Waals surface area (Å²) in [7, 11) is 0. The monoisotopic (exact) mass is 302 g/mol. The Labute approximate surface area is 131 Å². The van der Waals surface area contributed by atoms with Gasteiger partial charge in [-0.3, -0.25) is 4.98 Å². The van der Waals surface area contributed by atoms with Crippen LogP contribution in [0.4, 0.5) is 0 Å². The summed E-state index contributed by atoms with van der Waals surface area (Å²) in [6, 6.07) is 14.2. The average Bonchev–Trinajstić information content (AvgIpc) is 2.54. The predicted molar refractivity (Wildman–Crippen MR) is 88.8 cm³/mol. The number of nitrogens with zero attached hydrogens (tertiary/aromatic N) is 1. The molecule has 0 unspecified atom stereocenters. The molecule has 1 heterocycles. The van der Waals surface area contributed by atoms with Crippen molar-refractivity contribution in [3.63, 3.8) is 0 Å². The molecule has 112 valence electrons. The molecule has 0 spiro atoms. The summed E-state index contributed by atoms with van der Waals surface area (Å²) in [5, 5.41) is 3.36. The second-order valence-corrected chi connectivity index (χ2v) is 5.58. The summed E-state index contributed by atoms with van der Waals surface area (Å²) in [5.41, 5.74) is 2.02. The van der Waals surface area contributed by atoms with Crippen molar-refractivity contribution in [1.29, 1.82) is 0 Å². The smallest absolute Gasteiger partial charge is 0.133 e. The molecule has 0 amide bonds. The Morgan fingerprint density at radius 3 is 2.71 bits per heavy atom. The van der Waals surface area contributed by atoms with E-state index in [2.05, 4.69) is 29.5 Å². The first-order valence-corrected chi connectivity index (χ1v) is 8.47. The Kier molecular flexibility index (Phi) is 6.57. The van der Waals surface area contributed by atoms with Crippen LogP contribution in [0.25, 0.3) is 0 Å². The fourth-order valence-corrected chi connectivity index (χ4v) is 2.53. The number of para-hydroxylation sites is 1. The summed E-state index contributed by atoms with van der Waals surface area (Å²) in [5.74, 6) is 0.918. The molecular weight excluding hydrogens is 280 g/mol. The van der Waals surface area contributed by atoms with Crippen LogP contribution in [-0.4, -0.2) is 17.8 Å². The van der Waals surface area contributed by atoms with E-state index in [0.717, 1.165) is 41.5 Å². The minimum atomic E-state index is 0.499. The van der Waals surface area contributed by atoms with Crippen LogP contribution in [0.3, 0.4) is 0 Å². The number of benzene rings is 1. The topological polar surface area (TPSA) is 34.1 Å². The zero-order valence-corrected chi connectivity index (χ0v) is 13.5. The molecule has 0 saturated carbocycles. The fourth-order valence-electron chi connectivity index (χ4n) is 1.99. The molecule has 2 aromatic rings. The van der Waals surface area contributed by atoms with Crippen molar-refractivity contribution in [2.75, 3.05) is 12.8 Å². The van der Waals surface area contributed by atoms with E-state index >= 15 is 0 Å². The van der Waals surface area contributed by atoms with Gasteiger partial charge in [-0.05, 0) is 43.5 Å². The second kappa shape index (κ2) is 8.70. The van der Waals surface area contributed by atoms with Crippen LogP contribution >= 0.6 is 11.8 Å². The maximum Gasteiger partial charge on any atom is 0.133 e. The molecule has 0 aliphatic rings. The highest BCUT2D eigenvalue weighted by Crippen LogP contribution is 2.27. The highest BCUT2D eigenvalue weighted by Gasteiger charge is 2.03. The van der Waals surface area contributed by atoms with Crippen molar-refractivity contribution in [3.8, 4) is 5.75 Å². The fraction of sp³-hybridized carbons (Fsp3) is 0.353. The molecule has 0 atom stereocenters. The summed E-state index contributed by atoms with van der Waals surface area (Å²) in [6.45, 7) is 4.49. The number of hydrogen-bond acceptors (Lipinski definition) is 4. The first kappa shape index (κ1) is 15.9. The Morgan fingerprint density at radius 2 is 1.90 bits per heavy atom. The largest absolute Gasteiger partial charge is 0.486 e. The molecule has 2 rings (SSSR count). The lowest BCUT2D eigenvalue weighted by molar-refractivity contribution is 0.294. The Morgan fingerprint density at radius 1 is 1.10 bits per heavy atom. The molecular formula is C17H22N2OS. The van der Waals surface area contributed by atoms with Gasteiger partial charge in [0.15, 0.2) is 0 Å². The van der Waals surface area contributed by atoms with E-state index in [9.17, 15) is 0 Å². The maximum atomic E-state index is 5.89. The van der Waals surface area contributed by atoms with Gasteiger partial charge in [-0.25, -0.2) is 0 Å². The summed E-state index contributed by atoms with van der Waals surface area (Å²) >= 11 is 1.69. The number of hydrogen-bond donors (Lipinski definition) is 1. The summed E-state index contributed by atoms with van der Waals surface area (Å²) < 4.78 is 5.89. The normalized spacial score (nSPS) is 10.6. The van der Waals surface area contributed by atoms with Crippen molar-refractivity contribution in [1.82, 2.24) is 10.3 Å². The Hall–Kier alpha value is -1.52.